The molecule has 1 saturated heterocycles. The molecule has 1 nitrogen and oxygen atoms in total. The van der Waals surface area contributed by atoms with E-state index in [4.69, 9.17) is 4.43 Å². The summed E-state index contributed by atoms with van der Waals surface area (Å²) in [6.07, 6.45) is 8.49. The van der Waals surface area contributed by atoms with Gasteiger partial charge in [0.2, 0.25) is 0 Å². The highest BCUT2D eigenvalue weighted by molar-refractivity contribution is 7.69. The molecule has 4 heteroatoms. The second-order valence-electron chi connectivity index (χ2n) is 8.46. The predicted molar refractivity (Wildman–Crippen MR) is 119 cm³/mol. The minimum atomic E-state index is -1.51. The van der Waals surface area contributed by atoms with Crippen LogP contribution in [-0.4, -0.2) is 29.1 Å². The van der Waals surface area contributed by atoms with Crippen molar-refractivity contribution < 1.29 is 4.43 Å². The van der Waals surface area contributed by atoms with Gasteiger partial charge in [0.15, 0.2) is 7.83 Å². The van der Waals surface area contributed by atoms with Crippen LogP contribution in [0.25, 0.3) is 0 Å². The van der Waals surface area contributed by atoms with Crippen molar-refractivity contribution in [3.05, 3.63) is 0 Å². The Kier molecular flexibility index (Phi) is 10.1. The van der Waals surface area contributed by atoms with E-state index in [1.807, 2.05) is 0 Å². The lowest BCUT2D eigenvalue weighted by atomic mass is 10.6. The van der Waals surface area contributed by atoms with Crippen molar-refractivity contribution in [2.45, 2.75) is 122 Å². The van der Waals surface area contributed by atoms with Crippen LogP contribution >= 0.6 is 0 Å². The number of rotatable bonds is 12. The standard InChI is InChI=1S/C20H46OSi3/c1-7-14-22(15-8-2)20-13-21-23(16-9-3,17-10-4)24(22,18-11-5)19-12-6/h7-20H2,1-6H3. The Hall–Kier alpha value is 0.611. The molecule has 1 rings (SSSR count). The molecule has 1 aliphatic rings. The molecule has 144 valence electrons. The van der Waals surface area contributed by atoms with Gasteiger partial charge in [-0.05, 0) is 18.1 Å². The van der Waals surface area contributed by atoms with E-state index in [-0.39, 0.29) is 0 Å². The van der Waals surface area contributed by atoms with E-state index >= 15 is 0 Å². The Morgan fingerprint density at radius 3 is 1.38 bits per heavy atom. The van der Waals surface area contributed by atoms with E-state index in [1.54, 1.807) is 24.2 Å². The maximum absolute atomic E-state index is 7.05. The summed E-state index contributed by atoms with van der Waals surface area (Å²) in [5, 5.41) is 0. The Morgan fingerprint density at radius 2 is 1.00 bits per heavy atom. The first kappa shape index (κ1) is 22.7. The molecule has 0 aromatic rings. The molecular weight excluding hydrogens is 340 g/mol. The van der Waals surface area contributed by atoms with Gasteiger partial charge < -0.3 is 4.43 Å². The van der Waals surface area contributed by atoms with Crippen LogP contribution in [0.2, 0.25) is 42.3 Å². The average molecular weight is 387 g/mol. The molecule has 0 aliphatic carbocycles. The van der Waals surface area contributed by atoms with E-state index < -0.39 is 22.5 Å². The number of hydrogen-bond acceptors (Lipinski definition) is 1. The third kappa shape index (κ3) is 4.12. The van der Waals surface area contributed by atoms with Gasteiger partial charge in [0.25, 0.3) is 0 Å². The summed E-state index contributed by atoms with van der Waals surface area (Å²) in [6.45, 7) is 15.9. The monoisotopic (exact) mass is 386 g/mol. The summed E-state index contributed by atoms with van der Waals surface area (Å²) in [7, 11) is -3.92. The molecular formula is C20H46OSi3. The quantitative estimate of drug-likeness (QED) is 0.316. The van der Waals surface area contributed by atoms with Crippen molar-refractivity contribution in [3.8, 4) is 0 Å². The first-order valence-corrected chi connectivity index (χ1v) is 20.6. The van der Waals surface area contributed by atoms with Crippen molar-refractivity contribution >= 4 is 22.5 Å². The molecule has 0 amide bonds. The Balaban J connectivity index is 3.53. The van der Waals surface area contributed by atoms with E-state index in [2.05, 4.69) is 41.5 Å². The minimum Gasteiger partial charge on any atom is -0.420 e. The molecule has 0 aromatic carbocycles. The lowest BCUT2D eigenvalue weighted by Crippen LogP contribution is -2.81. The molecule has 0 aromatic heterocycles. The zero-order chi connectivity index (χ0) is 18.1. The van der Waals surface area contributed by atoms with E-state index in [9.17, 15) is 0 Å². The molecule has 0 bridgehead atoms. The van der Waals surface area contributed by atoms with Gasteiger partial charge >= 0.3 is 0 Å². The average Bonchev–Trinajstić information content (AvgIpc) is 2.54. The maximum Gasteiger partial charge on any atom is 0.177 e. The van der Waals surface area contributed by atoms with Crippen LogP contribution in [0.3, 0.4) is 0 Å². The van der Waals surface area contributed by atoms with E-state index in [0.29, 0.717) is 0 Å². The molecule has 0 N–H and O–H groups in total. The van der Waals surface area contributed by atoms with Crippen LogP contribution in [0, 0.1) is 0 Å². The van der Waals surface area contributed by atoms with Gasteiger partial charge in [-0.1, -0.05) is 104 Å². The fourth-order valence-corrected chi connectivity index (χ4v) is 58.6. The summed E-state index contributed by atoms with van der Waals surface area (Å²) in [6, 6.07) is 11.0. The van der Waals surface area contributed by atoms with E-state index in [1.165, 1.54) is 56.7 Å². The maximum atomic E-state index is 7.05. The predicted octanol–water partition coefficient (Wildman–Crippen LogP) is 7.48. The van der Waals surface area contributed by atoms with Crippen LogP contribution in [0.4, 0.5) is 0 Å². The Morgan fingerprint density at radius 1 is 0.583 bits per heavy atom. The van der Waals surface area contributed by atoms with Crippen LogP contribution in [-0.2, 0) is 4.43 Å². The topological polar surface area (TPSA) is 9.23 Å². The van der Waals surface area contributed by atoms with Gasteiger partial charge in [-0.15, -0.1) is 0 Å². The lowest BCUT2D eigenvalue weighted by molar-refractivity contribution is 0.323. The van der Waals surface area contributed by atoms with Crippen molar-refractivity contribution in [1.82, 2.24) is 0 Å². The third-order valence-electron chi connectivity index (χ3n) is 6.96. The summed E-state index contributed by atoms with van der Waals surface area (Å²) < 4.78 is 7.05. The summed E-state index contributed by atoms with van der Waals surface area (Å²) >= 11 is 0. The molecule has 0 radical (unpaired) electrons. The first-order chi connectivity index (χ1) is 11.6. The van der Waals surface area contributed by atoms with Gasteiger partial charge in [0.1, 0.15) is 0 Å². The Bertz CT molecular complexity index is 291. The second-order valence-corrected chi connectivity index (χ2v) is 32.1. The summed E-state index contributed by atoms with van der Waals surface area (Å²) in [4.78, 5) is 0. The van der Waals surface area contributed by atoms with Crippen molar-refractivity contribution in [3.63, 3.8) is 0 Å². The SMILES string of the molecule is CCC[Si]1(CCC)CCO[Si](CCC)(CCC)[Si]1(CCC)CCC. The van der Waals surface area contributed by atoms with Gasteiger partial charge in [-0.2, -0.15) is 0 Å². The van der Waals surface area contributed by atoms with Crippen LogP contribution in [0.1, 0.15) is 80.1 Å². The molecule has 1 heterocycles. The second kappa shape index (κ2) is 10.7. The molecule has 0 saturated carbocycles. The third-order valence-corrected chi connectivity index (χ3v) is 48.3. The Labute approximate surface area is 156 Å². The largest absolute Gasteiger partial charge is 0.420 e. The highest BCUT2D eigenvalue weighted by atomic mass is 29.6. The van der Waals surface area contributed by atoms with Gasteiger partial charge in [0, 0.05) is 6.61 Å². The summed E-state index contributed by atoms with van der Waals surface area (Å²) in [5.74, 6) is 0. The minimum absolute atomic E-state index is 1.14. The lowest BCUT2D eigenvalue weighted by Gasteiger charge is -2.61. The first-order valence-electron chi connectivity index (χ1n) is 11.2. The van der Waals surface area contributed by atoms with Crippen molar-refractivity contribution in [2.24, 2.45) is 0 Å². The fourth-order valence-electron chi connectivity index (χ4n) is 6.63. The smallest absolute Gasteiger partial charge is 0.177 e. The molecule has 0 unspecified atom stereocenters. The molecule has 1 aliphatic heterocycles. The van der Waals surface area contributed by atoms with Gasteiger partial charge in [-0.25, -0.2) is 0 Å². The van der Waals surface area contributed by atoms with Gasteiger partial charge in [0.05, 0.1) is 14.7 Å². The summed E-state index contributed by atoms with van der Waals surface area (Å²) in [5.41, 5.74) is 0. The molecule has 0 atom stereocenters. The van der Waals surface area contributed by atoms with E-state index in [0.717, 1.165) is 6.61 Å². The highest BCUT2D eigenvalue weighted by Gasteiger charge is 2.66. The normalized spacial score (nSPS) is 21.8. The molecule has 1 fully saturated rings. The zero-order valence-corrected chi connectivity index (χ0v) is 20.8. The van der Waals surface area contributed by atoms with Crippen LogP contribution in [0.15, 0.2) is 0 Å². The van der Waals surface area contributed by atoms with Crippen molar-refractivity contribution in [1.29, 1.82) is 0 Å². The molecule has 24 heavy (non-hydrogen) atoms. The van der Waals surface area contributed by atoms with Gasteiger partial charge in [-0.3, -0.25) is 0 Å². The van der Waals surface area contributed by atoms with Crippen LogP contribution in [0.5, 0.6) is 0 Å². The highest BCUT2D eigenvalue weighted by Crippen LogP contribution is 2.51. The molecule has 0 spiro atoms. The zero-order valence-electron chi connectivity index (χ0n) is 17.8. The number of hydrogen-bond donors (Lipinski definition) is 0. The fraction of sp³-hybridized carbons (Fsp3) is 1.00. The van der Waals surface area contributed by atoms with Crippen molar-refractivity contribution in [2.75, 3.05) is 6.61 Å². The van der Waals surface area contributed by atoms with Crippen LogP contribution < -0.4 is 0 Å².